The van der Waals surface area contributed by atoms with Gasteiger partial charge in [0.1, 0.15) is 11.5 Å². The molecule has 3 aromatic rings. The Hall–Kier alpha value is -2.66. The van der Waals surface area contributed by atoms with Crippen LogP contribution in [0, 0.1) is 11.7 Å². The molecule has 6 heteroatoms. The van der Waals surface area contributed by atoms with Crippen molar-refractivity contribution in [1.82, 2.24) is 10.2 Å². The van der Waals surface area contributed by atoms with Crippen molar-refractivity contribution in [3.05, 3.63) is 70.6 Å². The molecule has 0 aliphatic carbocycles. The van der Waals surface area contributed by atoms with Crippen molar-refractivity contribution in [3.8, 4) is 11.3 Å². The van der Waals surface area contributed by atoms with Gasteiger partial charge in [-0.05, 0) is 42.7 Å². The third-order valence-electron chi connectivity index (χ3n) is 3.90. The van der Waals surface area contributed by atoms with Gasteiger partial charge < -0.3 is 5.32 Å². The number of anilines is 1. The van der Waals surface area contributed by atoms with Gasteiger partial charge in [0.2, 0.25) is 0 Å². The molecule has 2 N–H and O–H groups in total. The van der Waals surface area contributed by atoms with Gasteiger partial charge in [0.25, 0.3) is 5.91 Å². The molecule has 0 radical (unpaired) electrons. The zero-order valence-corrected chi connectivity index (χ0v) is 15.3. The van der Waals surface area contributed by atoms with E-state index in [1.54, 1.807) is 18.2 Å². The number of rotatable bonds is 5. The molecule has 4 nitrogen and oxygen atoms in total. The first kappa shape index (κ1) is 18.1. The molecular weight excluding hydrogens is 353 g/mol. The predicted octanol–water partition coefficient (Wildman–Crippen LogP) is 5.32. The third-order valence-corrected chi connectivity index (χ3v) is 4.15. The lowest BCUT2D eigenvalue weighted by Crippen LogP contribution is -2.14. The zero-order chi connectivity index (χ0) is 18.7. The molecular formula is C20H19ClFN3O. The Morgan fingerprint density at radius 1 is 1.23 bits per heavy atom. The van der Waals surface area contributed by atoms with E-state index in [9.17, 15) is 9.18 Å². The number of amides is 1. The Kier molecular flexibility index (Phi) is 5.38. The number of hydrogen-bond acceptors (Lipinski definition) is 2. The van der Waals surface area contributed by atoms with Gasteiger partial charge in [-0.25, -0.2) is 4.39 Å². The fraction of sp³-hybridized carbons (Fsp3) is 0.200. The lowest BCUT2D eigenvalue weighted by Gasteiger charge is -2.10. The first-order chi connectivity index (χ1) is 12.4. The molecule has 0 atom stereocenters. The molecule has 0 aliphatic rings. The summed E-state index contributed by atoms with van der Waals surface area (Å²) in [5.41, 5.74) is 3.14. The van der Waals surface area contributed by atoms with E-state index in [4.69, 9.17) is 11.6 Å². The maximum Gasteiger partial charge on any atom is 0.255 e. The highest BCUT2D eigenvalue weighted by Gasteiger charge is 2.19. The smallest absolute Gasteiger partial charge is 0.255 e. The SMILES string of the molecule is CC(C)Cc1[nH]nc(-c2ccc(Cl)cc2)c1NC(=O)c1cccc(F)c1. The molecule has 0 saturated carbocycles. The average Bonchev–Trinajstić information content (AvgIpc) is 2.97. The molecule has 0 aliphatic heterocycles. The maximum absolute atomic E-state index is 13.4. The summed E-state index contributed by atoms with van der Waals surface area (Å²) in [6, 6.07) is 12.8. The molecule has 0 fully saturated rings. The summed E-state index contributed by atoms with van der Waals surface area (Å²) >= 11 is 5.96. The number of nitrogens with one attached hydrogen (secondary N) is 2. The van der Waals surface area contributed by atoms with Gasteiger partial charge in [-0.3, -0.25) is 9.89 Å². The molecule has 0 unspecified atom stereocenters. The molecule has 2 aromatic carbocycles. The number of halogens is 2. The molecule has 1 aromatic heterocycles. The minimum Gasteiger partial charge on any atom is -0.319 e. The lowest BCUT2D eigenvalue weighted by atomic mass is 10.0. The van der Waals surface area contributed by atoms with Crippen LogP contribution in [-0.4, -0.2) is 16.1 Å². The number of hydrogen-bond donors (Lipinski definition) is 2. The number of carbonyl (C=O) groups is 1. The van der Waals surface area contributed by atoms with Gasteiger partial charge in [0, 0.05) is 16.1 Å². The van der Waals surface area contributed by atoms with Crippen LogP contribution < -0.4 is 5.32 Å². The van der Waals surface area contributed by atoms with Crippen LogP contribution in [0.4, 0.5) is 10.1 Å². The van der Waals surface area contributed by atoms with Gasteiger partial charge >= 0.3 is 0 Å². The van der Waals surface area contributed by atoms with Crippen LogP contribution in [0.5, 0.6) is 0 Å². The Labute approximate surface area is 156 Å². The van der Waals surface area contributed by atoms with Crippen molar-refractivity contribution in [2.75, 3.05) is 5.32 Å². The first-order valence-electron chi connectivity index (χ1n) is 8.34. The molecule has 134 valence electrons. The van der Waals surface area contributed by atoms with Gasteiger partial charge in [0.05, 0.1) is 11.4 Å². The minimum atomic E-state index is -0.454. The number of nitrogens with zero attached hydrogens (tertiary/aromatic N) is 1. The minimum absolute atomic E-state index is 0.253. The highest BCUT2D eigenvalue weighted by Crippen LogP contribution is 2.31. The van der Waals surface area contributed by atoms with Crippen LogP contribution in [0.25, 0.3) is 11.3 Å². The number of benzene rings is 2. The average molecular weight is 372 g/mol. The molecule has 0 bridgehead atoms. The number of aromatic amines is 1. The summed E-state index contributed by atoms with van der Waals surface area (Å²) in [6.45, 7) is 4.17. The second-order valence-corrected chi connectivity index (χ2v) is 6.93. The largest absolute Gasteiger partial charge is 0.319 e. The van der Waals surface area contributed by atoms with Crippen molar-refractivity contribution in [2.45, 2.75) is 20.3 Å². The van der Waals surface area contributed by atoms with E-state index in [1.165, 1.54) is 18.2 Å². The van der Waals surface area contributed by atoms with Crippen LogP contribution in [0.15, 0.2) is 48.5 Å². The summed E-state index contributed by atoms with van der Waals surface area (Å²) in [5.74, 6) is -0.463. The normalized spacial score (nSPS) is 11.0. The summed E-state index contributed by atoms with van der Waals surface area (Å²) in [5, 5.41) is 10.9. The van der Waals surface area contributed by atoms with Gasteiger partial charge in [-0.2, -0.15) is 5.10 Å². The first-order valence-corrected chi connectivity index (χ1v) is 8.72. The quantitative estimate of drug-likeness (QED) is 0.637. The topological polar surface area (TPSA) is 57.8 Å². The van der Waals surface area contributed by atoms with Crippen LogP contribution in [-0.2, 0) is 6.42 Å². The molecule has 0 spiro atoms. The van der Waals surface area contributed by atoms with Crippen molar-refractivity contribution in [2.24, 2.45) is 5.92 Å². The zero-order valence-electron chi connectivity index (χ0n) is 14.5. The molecule has 0 saturated heterocycles. The molecule has 1 heterocycles. The van der Waals surface area contributed by atoms with E-state index in [2.05, 4.69) is 29.4 Å². The predicted molar refractivity (Wildman–Crippen MR) is 102 cm³/mol. The Morgan fingerprint density at radius 3 is 2.62 bits per heavy atom. The van der Waals surface area contributed by atoms with E-state index in [0.29, 0.717) is 22.3 Å². The Balaban J connectivity index is 1.98. The summed E-state index contributed by atoms with van der Waals surface area (Å²) in [7, 11) is 0. The second-order valence-electron chi connectivity index (χ2n) is 6.50. The van der Waals surface area contributed by atoms with Gasteiger partial charge in [-0.15, -0.1) is 0 Å². The molecule has 1 amide bonds. The number of carbonyl (C=O) groups excluding carboxylic acids is 1. The number of aromatic nitrogens is 2. The standard InChI is InChI=1S/C20H19ClFN3O/c1-12(2)10-17-19(23-20(26)14-4-3-5-16(22)11-14)18(25-24-17)13-6-8-15(21)9-7-13/h3-9,11-12H,10H2,1-2H3,(H,23,26)(H,24,25). The van der Waals surface area contributed by atoms with E-state index >= 15 is 0 Å². The van der Waals surface area contributed by atoms with E-state index < -0.39 is 5.82 Å². The van der Waals surface area contributed by atoms with Crippen molar-refractivity contribution in [1.29, 1.82) is 0 Å². The monoisotopic (exact) mass is 371 g/mol. The van der Waals surface area contributed by atoms with E-state index in [-0.39, 0.29) is 11.5 Å². The van der Waals surface area contributed by atoms with Crippen molar-refractivity contribution < 1.29 is 9.18 Å². The Morgan fingerprint density at radius 2 is 1.96 bits per heavy atom. The van der Waals surface area contributed by atoms with Crippen LogP contribution in [0.2, 0.25) is 5.02 Å². The maximum atomic E-state index is 13.4. The highest BCUT2D eigenvalue weighted by molar-refractivity contribution is 6.30. The fourth-order valence-corrected chi connectivity index (χ4v) is 2.83. The molecule has 3 rings (SSSR count). The second kappa shape index (κ2) is 7.70. The highest BCUT2D eigenvalue weighted by atomic mass is 35.5. The third kappa shape index (κ3) is 4.11. The molecule has 26 heavy (non-hydrogen) atoms. The van der Waals surface area contributed by atoms with Crippen molar-refractivity contribution in [3.63, 3.8) is 0 Å². The summed E-state index contributed by atoms with van der Waals surface area (Å²) < 4.78 is 13.4. The summed E-state index contributed by atoms with van der Waals surface area (Å²) in [6.07, 6.45) is 0.722. The lowest BCUT2D eigenvalue weighted by molar-refractivity contribution is 0.102. The van der Waals surface area contributed by atoms with Crippen LogP contribution >= 0.6 is 11.6 Å². The summed E-state index contributed by atoms with van der Waals surface area (Å²) in [4.78, 5) is 12.6. The number of H-pyrrole nitrogens is 1. The van der Waals surface area contributed by atoms with E-state index in [0.717, 1.165) is 17.7 Å². The van der Waals surface area contributed by atoms with Gasteiger partial charge in [0.15, 0.2) is 0 Å². The van der Waals surface area contributed by atoms with Crippen LogP contribution in [0.3, 0.4) is 0 Å². The van der Waals surface area contributed by atoms with Gasteiger partial charge in [-0.1, -0.05) is 43.6 Å². The Bertz CT molecular complexity index is 919. The van der Waals surface area contributed by atoms with Crippen LogP contribution in [0.1, 0.15) is 29.9 Å². The van der Waals surface area contributed by atoms with E-state index in [1.807, 2.05) is 12.1 Å². The van der Waals surface area contributed by atoms with Crippen molar-refractivity contribution >= 4 is 23.2 Å². The fourth-order valence-electron chi connectivity index (χ4n) is 2.70.